The average molecular weight is 387 g/mol. The van der Waals surface area contributed by atoms with E-state index < -0.39 is 15.8 Å². The van der Waals surface area contributed by atoms with E-state index in [0.717, 1.165) is 0 Å². The van der Waals surface area contributed by atoms with Crippen molar-refractivity contribution in [3.63, 3.8) is 0 Å². The van der Waals surface area contributed by atoms with Gasteiger partial charge in [-0.25, -0.2) is 12.8 Å². The van der Waals surface area contributed by atoms with Crippen LogP contribution in [-0.4, -0.2) is 44.7 Å². The van der Waals surface area contributed by atoms with Crippen molar-refractivity contribution in [2.24, 2.45) is 0 Å². The Labute approximate surface area is 157 Å². The number of nitriles is 1. The van der Waals surface area contributed by atoms with Gasteiger partial charge in [0.2, 0.25) is 10.0 Å². The van der Waals surface area contributed by atoms with Crippen molar-refractivity contribution in [3.8, 4) is 6.07 Å². The molecule has 1 saturated heterocycles. The normalized spacial score (nSPS) is 15.4. The topological polar surface area (TPSA) is 81.5 Å². The molecular formula is C19H18FN3O3S. The van der Waals surface area contributed by atoms with Crippen LogP contribution in [-0.2, 0) is 10.0 Å². The van der Waals surface area contributed by atoms with Crippen molar-refractivity contribution < 1.29 is 17.6 Å². The molecule has 1 aliphatic heterocycles. The minimum absolute atomic E-state index is 0.0158. The lowest BCUT2D eigenvalue weighted by molar-refractivity contribution is 0.101. The lowest BCUT2D eigenvalue weighted by Gasteiger charge is -2.35. The number of ketones is 1. The van der Waals surface area contributed by atoms with Gasteiger partial charge in [-0.1, -0.05) is 12.1 Å². The zero-order valence-electron chi connectivity index (χ0n) is 14.7. The third kappa shape index (κ3) is 3.70. The molecule has 0 aliphatic carbocycles. The summed E-state index contributed by atoms with van der Waals surface area (Å²) >= 11 is 0. The van der Waals surface area contributed by atoms with E-state index in [1.54, 1.807) is 29.2 Å². The van der Waals surface area contributed by atoms with E-state index in [-0.39, 0.29) is 29.3 Å². The zero-order valence-corrected chi connectivity index (χ0v) is 15.5. The van der Waals surface area contributed by atoms with Gasteiger partial charge in [0, 0.05) is 31.7 Å². The van der Waals surface area contributed by atoms with E-state index in [4.69, 9.17) is 5.26 Å². The van der Waals surface area contributed by atoms with Gasteiger partial charge in [0.05, 0.1) is 16.1 Å². The first-order valence-electron chi connectivity index (χ1n) is 8.39. The minimum Gasteiger partial charge on any atom is -0.367 e. The van der Waals surface area contributed by atoms with Crippen LogP contribution in [0.1, 0.15) is 22.8 Å². The minimum atomic E-state index is -3.79. The second kappa shape index (κ2) is 7.47. The summed E-state index contributed by atoms with van der Waals surface area (Å²) in [5.41, 5.74) is 0.742. The number of hydrogen-bond donors (Lipinski definition) is 0. The van der Waals surface area contributed by atoms with E-state index in [9.17, 15) is 17.6 Å². The summed E-state index contributed by atoms with van der Waals surface area (Å²) in [6.07, 6.45) is 0. The molecule has 0 atom stereocenters. The fraction of sp³-hybridized carbons (Fsp3) is 0.263. The van der Waals surface area contributed by atoms with E-state index in [1.807, 2.05) is 6.07 Å². The fourth-order valence-electron chi connectivity index (χ4n) is 3.07. The number of carbonyl (C=O) groups excluding carboxylic acids is 1. The Hall–Kier alpha value is -2.76. The van der Waals surface area contributed by atoms with Gasteiger partial charge in [0.25, 0.3) is 0 Å². The van der Waals surface area contributed by atoms with Crippen molar-refractivity contribution >= 4 is 21.5 Å². The Balaban J connectivity index is 1.78. The van der Waals surface area contributed by atoms with Crippen LogP contribution in [0.2, 0.25) is 0 Å². The number of nitrogens with zero attached hydrogens (tertiary/aromatic N) is 3. The molecule has 2 aromatic rings. The highest BCUT2D eigenvalue weighted by Crippen LogP contribution is 2.25. The number of benzene rings is 2. The molecule has 2 aromatic carbocycles. The quantitative estimate of drug-likeness (QED) is 0.753. The number of sulfonamides is 1. The Morgan fingerprint density at radius 1 is 1.11 bits per heavy atom. The summed E-state index contributed by atoms with van der Waals surface area (Å²) in [6.45, 7) is 2.34. The van der Waals surface area contributed by atoms with Gasteiger partial charge in [-0.3, -0.25) is 4.79 Å². The highest BCUT2D eigenvalue weighted by Gasteiger charge is 2.30. The van der Waals surface area contributed by atoms with Gasteiger partial charge in [0.15, 0.2) is 5.78 Å². The summed E-state index contributed by atoms with van der Waals surface area (Å²) in [7, 11) is -3.79. The first kappa shape index (κ1) is 19.0. The number of halogens is 1. The average Bonchev–Trinajstić information content (AvgIpc) is 2.68. The van der Waals surface area contributed by atoms with Gasteiger partial charge >= 0.3 is 0 Å². The summed E-state index contributed by atoms with van der Waals surface area (Å²) in [4.78, 5) is 13.1. The van der Waals surface area contributed by atoms with Crippen LogP contribution in [0.15, 0.2) is 47.4 Å². The molecule has 0 unspecified atom stereocenters. The second-order valence-corrected chi connectivity index (χ2v) is 8.13. The molecule has 0 spiro atoms. The summed E-state index contributed by atoms with van der Waals surface area (Å²) in [5.74, 6) is -0.721. The molecule has 0 aromatic heterocycles. The number of rotatable bonds is 4. The molecule has 6 nitrogen and oxygen atoms in total. The fourth-order valence-corrected chi connectivity index (χ4v) is 4.64. The molecule has 3 rings (SSSR count). The van der Waals surface area contributed by atoms with Crippen LogP contribution in [0.3, 0.4) is 0 Å². The van der Waals surface area contributed by atoms with Crippen LogP contribution in [0.25, 0.3) is 0 Å². The van der Waals surface area contributed by atoms with Gasteiger partial charge in [-0.2, -0.15) is 9.57 Å². The Kier molecular flexibility index (Phi) is 5.26. The van der Waals surface area contributed by atoms with E-state index in [2.05, 4.69) is 0 Å². The third-order valence-corrected chi connectivity index (χ3v) is 6.52. The van der Waals surface area contributed by atoms with Crippen LogP contribution < -0.4 is 4.90 Å². The summed E-state index contributed by atoms with van der Waals surface area (Å²) < 4.78 is 41.3. The Bertz CT molecular complexity index is 1020. The largest absolute Gasteiger partial charge is 0.367 e. The van der Waals surface area contributed by atoms with Crippen molar-refractivity contribution in [1.82, 2.24) is 4.31 Å². The lowest BCUT2D eigenvalue weighted by atomic mass is 10.1. The standard InChI is InChI=1S/C19H18FN3O3S/c1-14(24)15-6-7-18(17(20)12-15)22-8-10-23(11-9-22)27(25,26)19-5-3-2-4-16(19)13-21/h2-7,12H,8-11H2,1H3. The van der Waals surface area contributed by atoms with Crippen LogP contribution >= 0.6 is 0 Å². The highest BCUT2D eigenvalue weighted by atomic mass is 32.2. The number of anilines is 1. The van der Waals surface area contributed by atoms with E-state index in [0.29, 0.717) is 24.3 Å². The van der Waals surface area contributed by atoms with Crippen LogP contribution in [0.5, 0.6) is 0 Å². The lowest BCUT2D eigenvalue weighted by Crippen LogP contribution is -2.49. The maximum Gasteiger partial charge on any atom is 0.244 e. The smallest absolute Gasteiger partial charge is 0.244 e. The van der Waals surface area contributed by atoms with Crippen molar-refractivity contribution in [1.29, 1.82) is 5.26 Å². The number of Topliss-reactive ketones (excluding diaryl/α,β-unsaturated/α-hetero) is 1. The number of piperazine rings is 1. The predicted octanol–water partition coefficient (Wildman–Crippen LogP) is 2.41. The molecule has 0 amide bonds. The van der Waals surface area contributed by atoms with Crippen LogP contribution in [0.4, 0.5) is 10.1 Å². The SMILES string of the molecule is CC(=O)c1ccc(N2CCN(S(=O)(=O)c3ccccc3C#N)CC2)c(F)c1. The Morgan fingerprint density at radius 2 is 1.78 bits per heavy atom. The molecule has 8 heteroatoms. The maximum atomic E-state index is 14.3. The maximum absolute atomic E-state index is 14.3. The zero-order chi connectivity index (χ0) is 19.6. The molecule has 0 bridgehead atoms. The first-order valence-corrected chi connectivity index (χ1v) is 9.83. The molecule has 0 radical (unpaired) electrons. The van der Waals surface area contributed by atoms with Gasteiger partial charge in [-0.05, 0) is 37.3 Å². The first-order chi connectivity index (χ1) is 12.8. The molecule has 140 valence electrons. The molecule has 1 heterocycles. The van der Waals surface area contributed by atoms with Gasteiger partial charge in [-0.15, -0.1) is 0 Å². The molecule has 0 saturated carbocycles. The number of carbonyl (C=O) groups is 1. The van der Waals surface area contributed by atoms with Crippen molar-refractivity contribution in [3.05, 3.63) is 59.4 Å². The second-order valence-electron chi connectivity index (χ2n) is 6.22. The van der Waals surface area contributed by atoms with Gasteiger partial charge in [0.1, 0.15) is 11.9 Å². The molecular weight excluding hydrogens is 369 g/mol. The third-order valence-electron chi connectivity index (χ3n) is 4.56. The summed E-state index contributed by atoms with van der Waals surface area (Å²) in [5, 5.41) is 9.16. The molecule has 1 fully saturated rings. The number of hydrogen-bond acceptors (Lipinski definition) is 5. The molecule has 1 aliphatic rings. The van der Waals surface area contributed by atoms with Crippen LogP contribution in [0, 0.1) is 17.1 Å². The van der Waals surface area contributed by atoms with Gasteiger partial charge < -0.3 is 4.90 Å². The summed E-state index contributed by atoms with van der Waals surface area (Å²) in [6, 6.07) is 12.3. The monoisotopic (exact) mass is 387 g/mol. The predicted molar refractivity (Wildman–Crippen MR) is 98.5 cm³/mol. The molecule has 27 heavy (non-hydrogen) atoms. The van der Waals surface area contributed by atoms with E-state index in [1.165, 1.54) is 29.4 Å². The van der Waals surface area contributed by atoms with Crippen molar-refractivity contribution in [2.75, 3.05) is 31.1 Å². The van der Waals surface area contributed by atoms with E-state index >= 15 is 0 Å². The highest BCUT2D eigenvalue weighted by molar-refractivity contribution is 7.89. The Morgan fingerprint density at radius 3 is 2.37 bits per heavy atom. The molecule has 0 N–H and O–H groups in total. The van der Waals surface area contributed by atoms with Crippen molar-refractivity contribution in [2.45, 2.75) is 11.8 Å².